The molecule has 45 heavy (non-hydrogen) atoms. The number of fused-ring (bicyclic) bond motifs is 1. The number of aryl methyl sites for hydroxylation is 1. The van der Waals surface area contributed by atoms with Crippen LogP contribution in [-0.2, 0) is 22.4 Å². The van der Waals surface area contributed by atoms with Crippen LogP contribution in [0.15, 0.2) is 54.7 Å². The normalized spacial score (nSPS) is 13.6. The number of hydrogen-bond donors (Lipinski definition) is 1. The Morgan fingerprint density at radius 1 is 0.956 bits per heavy atom. The summed E-state index contributed by atoms with van der Waals surface area (Å²) in [5.41, 5.74) is 1.90. The summed E-state index contributed by atoms with van der Waals surface area (Å²) in [4.78, 5) is 46.0. The summed E-state index contributed by atoms with van der Waals surface area (Å²) >= 11 is 1.22. The van der Waals surface area contributed by atoms with E-state index in [2.05, 4.69) is 15.2 Å². The van der Waals surface area contributed by atoms with E-state index in [4.69, 9.17) is 9.47 Å². The highest BCUT2D eigenvalue weighted by atomic mass is 32.1. The molecule has 0 radical (unpaired) electrons. The Hall–Kier alpha value is -4.42. The number of nitrogens with zero attached hydrogens (tertiary/aromatic N) is 3. The summed E-state index contributed by atoms with van der Waals surface area (Å²) in [5, 5.41) is 2.94. The highest BCUT2D eigenvalue weighted by molar-refractivity contribution is 7.21. The van der Waals surface area contributed by atoms with E-state index >= 15 is 0 Å². The molecular weight excluding hydrogens is 602 g/mol. The van der Waals surface area contributed by atoms with Gasteiger partial charge in [-0.05, 0) is 43.2 Å². The van der Waals surface area contributed by atoms with Gasteiger partial charge in [0.1, 0.15) is 28.9 Å². The van der Waals surface area contributed by atoms with Gasteiger partial charge < -0.3 is 19.7 Å². The monoisotopic (exact) mass is 636 g/mol. The van der Waals surface area contributed by atoms with Crippen molar-refractivity contribution < 1.29 is 32.6 Å². The SMILES string of the molecule is CCOC(=O)N1CCN(CCNC(=O)c2cc3nccc(Oc4ccc(CC(=O)Cc5cc(C)ccc5F)c(F)c4)c3s2)CC1. The van der Waals surface area contributed by atoms with Crippen LogP contribution in [0.2, 0.25) is 0 Å². The average molecular weight is 637 g/mol. The van der Waals surface area contributed by atoms with E-state index in [-0.39, 0.29) is 47.5 Å². The van der Waals surface area contributed by atoms with Crippen LogP contribution in [0.1, 0.15) is 33.3 Å². The fourth-order valence-corrected chi connectivity index (χ4v) is 6.06. The van der Waals surface area contributed by atoms with Crippen molar-refractivity contribution >= 4 is 39.3 Å². The zero-order valence-electron chi connectivity index (χ0n) is 25.1. The van der Waals surface area contributed by atoms with Crippen molar-refractivity contribution in [2.45, 2.75) is 26.7 Å². The first-order valence-corrected chi connectivity index (χ1v) is 15.6. The first-order chi connectivity index (χ1) is 21.7. The molecule has 4 aromatic rings. The number of hydrogen-bond acceptors (Lipinski definition) is 8. The molecule has 1 saturated heterocycles. The van der Waals surface area contributed by atoms with Crippen molar-refractivity contribution in [2.75, 3.05) is 45.9 Å². The Kier molecular flexibility index (Phi) is 10.4. The number of benzene rings is 2. The number of pyridine rings is 1. The van der Waals surface area contributed by atoms with Gasteiger partial charge in [-0.3, -0.25) is 19.5 Å². The number of halogens is 2. The molecule has 0 saturated carbocycles. The van der Waals surface area contributed by atoms with Crippen molar-refractivity contribution in [1.29, 1.82) is 0 Å². The number of ether oxygens (including phenoxy) is 2. The Bertz CT molecular complexity index is 1700. The van der Waals surface area contributed by atoms with Gasteiger partial charge in [-0.25, -0.2) is 13.6 Å². The Labute approximate surface area is 263 Å². The van der Waals surface area contributed by atoms with E-state index in [0.717, 1.165) is 5.56 Å². The lowest BCUT2D eigenvalue weighted by Gasteiger charge is -2.33. The van der Waals surface area contributed by atoms with Gasteiger partial charge in [0.05, 0.1) is 21.7 Å². The number of piperazine rings is 1. The summed E-state index contributed by atoms with van der Waals surface area (Å²) in [6, 6.07) is 12.2. The maximum absolute atomic E-state index is 15.0. The molecule has 2 aromatic carbocycles. The highest BCUT2D eigenvalue weighted by Crippen LogP contribution is 2.35. The Morgan fingerprint density at radius 2 is 1.73 bits per heavy atom. The van der Waals surface area contributed by atoms with Crippen LogP contribution in [-0.4, -0.2) is 78.4 Å². The molecule has 0 unspecified atom stereocenters. The van der Waals surface area contributed by atoms with Gasteiger partial charge >= 0.3 is 6.09 Å². The third-order valence-electron chi connectivity index (χ3n) is 7.44. The van der Waals surface area contributed by atoms with Crippen LogP contribution in [0.25, 0.3) is 10.2 Å². The largest absolute Gasteiger partial charge is 0.456 e. The van der Waals surface area contributed by atoms with Gasteiger partial charge in [0.15, 0.2) is 0 Å². The van der Waals surface area contributed by atoms with E-state index in [0.29, 0.717) is 66.7 Å². The zero-order chi connectivity index (χ0) is 31.9. The molecule has 0 aliphatic carbocycles. The quantitative estimate of drug-likeness (QED) is 0.231. The standard InChI is InChI=1S/C33H34F2N4O5S/c1-3-43-33(42)39-14-12-38(13-15-39)11-10-37-32(41)30-20-28-31(45-30)29(8-9-36-28)44-25-6-5-22(27(35)19-25)17-24(40)18-23-16-21(2)4-7-26(23)34/h4-9,16,19-20H,3,10-15,17-18H2,1-2H3,(H,37,41). The third kappa shape index (κ3) is 8.20. The predicted molar refractivity (Wildman–Crippen MR) is 167 cm³/mol. The minimum absolute atomic E-state index is 0.122. The van der Waals surface area contributed by atoms with E-state index < -0.39 is 11.6 Å². The van der Waals surface area contributed by atoms with Crippen molar-refractivity contribution in [3.63, 3.8) is 0 Å². The molecule has 2 aromatic heterocycles. The Morgan fingerprint density at radius 3 is 2.49 bits per heavy atom. The molecule has 2 amide bonds. The number of ketones is 1. The number of Topliss-reactive ketones (excluding diaryl/α,β-unsaturated/α-hetero) is 1. The number of amides is 2. The minimum atomic E-state index is -0.607. The summed E-state index contributed by atoms with van der Waals surface area (Å²) in [6.07, 6.45) is 0.958. The smallest absolute Gasteiger partial charge is 0.409 e. The second kappa shape index (κ2) is 14.6. The van der Waals surface area contributed by atoms with Crippen LogP contribution in [0, 0.1) is 18.6 Å². The van der Waals surface area contributed by atoms with Gasteiger partial charge in [-0.15, -0.1) is 11.3 Å². The summed E-state index contributed by atoms with van der Waals surface area (Å²) in [7, 11) is 0. The second-order valence-electron chi connectivity index (χ2n) is 10.8. The maximum Gasteiger partial charge on any atom is 0.409 e. The summed E-state index contributed by atoms with van der Waals surface area (Å²) < 4.78 is 40.7. The molecule has 9 nitrogen and oxygen atoms in total. The van der Waals surface area contributed by atoms with Crippen molar-refractivity contribution in [2.24, 2.45) is 0 Å². The van der Waals surface area contributed by atoms with Crippen LogP contribution in [0.4, 0.5) is 13.6 Å². The molecule has 0 bridgehead atoms. The number of aromatic nitrogens is 1. The first kappa shape index (κ1) is 32.0. The number of carbonyl (C=O) groups excluding carboxylic acids is 3. The topological polar surface area (TPSA) is 101 Å². The Balaban J connectivity index is 1.16. The molecule has 1 fully saturated rings. The zero-order valence-corrected chi connectivity index (χ0v) is 25.9. The number of carbonyl (C=O) groups is 3. The van der Waals surface area contributed by atoms with Crippen LogP contribution < -0.4 is 10.1 Å². The number of rotatable bonds is 11. The fraction of sp³-hybridized carbons (Fsp3) is 0.333. The molecule has 1 N–H and O–H groups in total. The van der Waals surface area contributed by atoms with Crippen molar-refractivity contribution in [1.82, 2.24) is 20.1 Å². The lowest BCUT2D eigenvalue weighted by Crippen LogP contribution is -2.50. The predicted octanol–water partition coefficient (Wildman–Crippen LogP) is 5.53. The second-order valence-corrected chi connectivity index (χ2v) is 11.8. The first-order valence-electron chi connectivity index (χ1n) is 14.7. The summed E-state index contributed by atoms with van der Waals surface area (Å²) in [5.74, 6) is -0.961. The molecular formula is C33H34F2N4O5S. The maximum atomic E-state index is 15.0. The number of nitrogens with one attached hydrogen (secondary N) is 1. The molecule has 1 aliphatic rings. The van der Waals surface area contributed by atoms with Crippen molar-refractivity contribution in [3.8, 4) is 11.5 Å². The fourth-order valence-electron chi connectivity index (χ4n) is 5.08. The van der Waals surface area contributed by atoms with Gasteiger partial charge in [0.25, 0.3) is 5.91 Å². The molecule has 5 rings (SSSR count). The van der Waals surface area contributed by atoms with Crippen LogP contribution >= 0.6 is 11.3 Å². The minimum Gasteiger partial charge on any atom is -0.456 e. The van der Waals surface area contributed by atoms with E-state index in [1.54, 1.807) is 48.4 Å². The highest BCUT2D eigenvalue weighted by Gasteiger charge is 2.22. The number of thiophene rings is 1. The van der Waals surface area contributed by atoms with Gasteiger partial charge in [0, 0.05) is 70.4 Å². The van der Waals surface area contributed by atoms with Crippen LogP contribution in [0.5, 0.6) is 11.5 Å². The van der Waals surface area contributed by atoms with Gasteiger partial charge in [0.2, 0.25) is 0 Å². The molecule has 236 valence electrons. The van der Waals surface area contributed by atoms with E-state index in [1.165, 1.54) is 29.5 Å². The molecule has 3 heterocycles. The molecule has 0 atom stereocenters. The molecule has 0 spiro atoms. The van der Waals surface area contributed by atoms with E-state index in [9.17, 15) is 23.2 Å². The lowest BCUT2D eigenvalue weighted by atomic mass is 10.0. The third-order valence-corrected chi connectivity index (χ3v) is 8.58. The van der Waals surface area contributed by atoms with Crippen LogP contribution in [0.3, 0.4) is 0 Å². The molecule has 12 heteroatoms. The summed E-state index contributed by atoms with van der Waals surface area (Å²) in [6.45, 7) is 7.60. The van der Waals surface area contributed by atoms with Gasteiger partial charge in [-0.2, -0.15) is 0 Å². The van der Waals surface area contributed by atoms with Gasteiger partial charge in [-0.1, -0.05) is 23.8 Å². The van der Waals surface area contributed by atoms with Crippen molar-refractivity contribution in [3.05, 3.63) is 87.9 Å². The van der Waals surface area contributed by atoms with E-state index in [1.807, 2.05) is 6.92 Å². The average Bonchev–Trinajstić information content (AvgIpc) is 3.47. The lowest BCUT2D eigenvalue weighted by molar-refractivity contribution is -0.117. The molecule has 1 aliphatic heterocycles.